The number of likely N-dealkylation sites (tertiary alicyclic amines) is 1. The van der Waals surface area contributed by atoms with E-state index in [4.69, 9.17) is 5.84 Å². The zero-order valence-electron chi connectivity index (χ0n) is 9.95. The van der Waals surface area contributed by atoms with Crippen molar-refractivity contribution in [1.29, 1.82) is 0 Å². The first-order valence-corrected chi connectivity index (χ1v) is 6.55. The molecule has 1 amide bonds. The predicted octanol–water partition coefficient (Wildman–Crippen LogP) is 1.02. The van der Waals surface area contributed by atoms with Crippen molar-refractivity contribution in [2.45, 2.75) is 51.0 Å². The quantitative estimate of drug-likeness (QED) is 0.428. The topological polar surface area (TPSA) is 58.4 Å². The molecule has 0 spiro atoms. The zero-order valence-corrected chi connectivity index (χ0v) is 9.95. The van der Waals surface area contributed by atoms with Crippen LogP contribution in [0, 0.1) is 5.92 Å². The third kappa shape index (κ3) is 2.74. The van der Waals surface area contributed by atoms with E-state index in [2.05, 4.69) is 10.3 Å². The fourth-order valence-corrected chi connectivity index (χ4v) is 3.32. The third-order valence-corrected chi connectivity index (χ3v) is 4.15. The van der Waals surface area contributed by atoms with Crippen molar-refractivity contribution >= 4 is 5.91 Å². The highest BCUT2D eigenvalue weighted by Gasteiger charge is 2.32. The van der Waals surface area contributed by atoms with Crippen molar-refractivity contribution in [3.05, 3.63) is 0 Å². The summed E-state index contributed by atoms with van der Waals surface area (Å²) in [6.45, 7) is 2.04. The van der Waals surface area contributed by atoms with Gasteiger partial charge in [0.2, 0.25) is 5.91 Å². The summed E-state index contributed by atoms with van der Waals surface area (Å²) < 4.78 is 0. The van der Waals surface area contributed by atoms with Gasteiger partial charge in [0, 0.05) is 19.0 Å². The van der Waals surface area contributed by atoms with Crippen LogP contribution >= 0.6 is 0 Å². The standard InChI is InChI=1S/C12H23N3O/c13-14-12(16)7-9-15-8-3-5-10-4-1-2-6-11(10)15/h10-11H,1-9,13H2,(H,14,16)/t10-,11-/m1/s1. The second kappa shape index (κ2) is 5.64. The Morgan fingerprint density at radius 1 is 1.25 bits per heavy atom. The Kier molecular flexibility index (Phi) is 4.18. The van der Waals surface area contributed by atoms with E-state index in [0.29, 0.717) is 6.42 Å². The van der Waals surface area contributed by atoms with E-state index in [9.17, 15) is 4.79 Å². The number of hydrogen-bond acceptors (Lipinski definition) is 3. The van der Waals surface area contributed by atoms with Gasteiger partial charge >= 0.3 is 0 Å². The predicted molar refractivity (Wildman–Crippen MR) is 63.5 cm³/mol. The first-order valence-electron chi connectivity index (χ1n) is 6.55. The van der Waals surface area contributed by atoms with Gasteiger partial charge in [-0.15, -0.1) is 0 Å². The Morgan fingerprint density at radius 3 is 2.81 bits per heavy atom. The molecule has 3 N–H and O–H groups in total. The van der Waals surface area contributed by atoms with Crippen LogP contribution in [0.25, 0.3) is 0 Å². The highest BCUT2D eigenvalue weighted by atomic mass is 16.2. The maximum atomic E-state index is 11.2. The summed E-state index contributed by atoms with van der Waals surface area (Å²) >= 11 is 0. The third-order valence-electron chi connectivity index (χ3n) is 4.15. The Balaban J connectivity index is 1.85. The minimum atomic E-state index is -0.0436. The number of hydrogen-bond donors (Lipinski definition) is 2. The molecule has 2 aliphatic rings. The van der Waals surface area contributed by atoms with E-state index in [1.807, 2.05) is 0 Å². The highest BCUT2D eigenvalue weighted by Crippen LogP contribution is 2.35. The van der Waals surface area contributed by atoms with Crippen molar-refractivity contribution in [2.24, 2.45) is 11.8 Å². The van der Waals surface area contributed by atoms with Gasteiger partial charge in [-0.05, 0) is 38.1 Å². The monoisotopic (exact) mass is 225 g/mol. The summed E-state index contributed by atoms with van der Waals surface area (Å²) in [6, 6.07) is 0.744. The van der Waals surface area contributed by atoms with Crippen LogP contribution in [-0.2, 0) is 4.79 Å². The summed E-state index contributed by atoms with van der Waals surface area (Å²) in [5.41, 5.74) is 2.21. The van der Waals surface area contributed by atoms with Crippen molar-refractivity contribution < 1.29 is 4.79 Å². The first-order chi connectivity index (χ1) is 7.81. The molecule has 4 nitrogen and oxygen atoms in total. The van der Waals surface area contributed by atoms with Crippen LogP contribution in [0.15, 0.2) is 0 Å². The summed E-state index contributed by atoms with van der Waals surface area (Å²) in [5, 5.41) is 0. The maximum absolute atomic E-state index is 11.2. The number of carbonyl (C=O) groups is 1. The number of rotatable bonds is 3. The van der Waals surface area contributed by atoms with Gasteiger partial charge in [-0.1, -0.05) is 12.8 Å². The van der Waals surface area contributed by atoms with Crippen molar-refractivity contribution in [1.82, 2.24) is 10.3 Å². The highest BCUT2D eigenvalue weighted by molar-refractivity contribution is 5.75. The lowest BCUT2D eigenvalue weighted by atomic mass is 9.78. The van der Waals surface area contributed by atoms with Crippen LogP contribution in [0.3, 0.4) is 0 Å². The van der Waals surface area contributed by atoms with E-state index >= 15 is 0 Å². The molecule has 1 heterocycles. The van der Waals surface area contributed by atoms with Gasteiger partial charge in [-0.3, -0.25) is 15.1 Å². The van der Waals surface area contributed by atoms with Gasteiger partial charge in [0.1, 0.15) is 0 Å². The van der Waals surface area contributed by atoms with Gasteiger partial charge in [0.25, 0.3) is 0 Å². The normalized spacial score (nSPS) is 30.8. The van der Waals surface area contributed by atoms with Gasteiger partial charge < -0.3 is 0 Å². The maximum Gasteiger partial charge on any atom is 0.235 e. The average molecular weight is 225 g/mol. The summed E-state index contributed by atoms with van der Waals surface area (Å²) in [5.74, 6) is 5.95. The minimum Gasteiger partial charge on any atom is -0.300 e. The van der Waals surface area contributed by atoms with Gasteiger partial charge in [0.05, 0.1) is 0 Å². The second-order valence-electron chi connectivity index (χ2n) is 5.11. The molecule has 4 heteroatoms. The fraction of sp³-hybridized carbons (Fsp3) is 0.917. The molecule has 2 fully saturated rings. The zero-order chi connectivity index (χ0) is 11.4. The molecule has 1 aliphatic carbocycles. The number of carbonyl (C=O) groups excluding carboxylic acids is 1. The van der Waals surface area contributed by atoms with E-state index < -0.39 is 0 Å². The minimum absolute atomic E-state index is 0.0436. The van der Waals surface area contributed by atoms with Gasteiger partial charge in [-0.25, -0.2) is 5.84 Å². The number of nitrogens with zero attached hydrogens (tertiary/aromatic N) is 1. The SMILES string of the molecule is NNC(=O)CCN1CCC[C@H]2CCCC[C@H]21. The molecular weight excluding hydrogens is 202 g/mol. The number of hydrazine groups is 1. The average Bonchev–Trinajstić information content (AvgIpc) is 2.35. The molecule has 2 atom stereocenters. The van der Waals surface area contributed by atoms with Crippen LogP contribution in [0.4, 0.5) is 0 Å². The van der Waals surface area contributed by atoms with E-state index in [1.165, 1.54) is 45.1 Å². The van der Waals surface area contributed by atoms with Crippen LogP contribution in [-0.4, -0.2) is 29.9 Å². The van der Waals surface area contributed by atoms with Crippen LogP contribution in [0.1, 0.15) is 44.9 Å². The lowest BCUT2D eigenvalue weighted by molar-refractivity contribution is -0.121. The first kappa shape index (κ1) is 11.9. The Hall–Kier alpha value is -0.610. The molecule has 1 saturated heterocycles. The number of piperidine rings is 1. The lowest BCUT2D eigenvalue weighted by Gasteiger charge is -2.44. The molecule has 0 bridgehead atoms. The smallest absolute Gasteiger partial charge is 0.235 e. The molecule has 0 radical (unpaired) electrons. The Labute approximate surface area is 97.5 Å². The molecule has 1 saturated carbocycles. The molecule has 16 heavy (non-hydrogen) atoms. The fourth-order valence-electron chi connectivity index (χ4n) is 3.32. The van der Waals surface area contributed by atoms with Crippen LogP contribution < -0.4 is 11.3 Å². The second-order valence-corrected chi connectivity index (χ2v) is 5.11. The van der Waals surface area contributed by atoms with Gasteiger partial charge in [0.15, 0.2) is 0 Å². The van der Waals surface area contributed by atoms with Crippen molar-refractivity contribution in [3.63, 3.8) is 0 Å². The number of nitrogens with one attached hydrogen (secondary N) is 1. The molecule has 0 aromatic rings. The van der Waals surface area contributed by atoms with Crippen molar-refractivity contribution in [3.8, 4) is 0 Å². The summed E-state index contributed by atoms with van der Waals surface area (Å²) in [6.07, 6.45) is 8.72. The van der Waals surface area contributed by atoms with E-state index in [0.717, 1.165) is 18.5 Å². The summed E-state index contributed by atoms with van der Waals surface area (Å²) in [7, 11) is 0. The number of fused-ring (bicyclic) bond motifs is 1. The molecule has 2 rings (SSSR count). The Bertz CT molecular complexity index is 242. The van der Waals surface area contributed by atoms with Gasteiger partial charge in [-0.2, -0.15) is 0 Å². The largest absolute Gasteiger partial charge is 0.300 e. The van der Waals surface area contributed by atoms with Crippen molar-refractivity contribution in [2.75, 3.05) is 13.1 Å². The number of nitrogens with two attached hydrogens (primary N) is 1. The van der Waals surface area contributed by atoms with E-state index in [1.54, 1.807) is 0 Å². The molecule has 92 valence electrons. The molecular formula is C12H23N3O. The molecule has 1 aliphatic heterocycles. The van der Waals surface area contributed by atoms with E-state index in [-0.39, 0.29) is 5.91 Å². The molecule has 0 unspecified atom stereocenters. The van der Waals surface area contributed by atoms with Crippen LogP contribution in [0.5, 0.6) is 0 Å². The number of amides is 1. The summed E-state index contributed by atoms with van der Waals surface area (Å²) in [4.78, 5) is 13.7. The molecule has 0 aromatic carbocycles. The molecule has 0 aromatic heterocycles. The Morgan fingerprint density at radius 2 is 2.00 bits per heavy atom. The lowest BCUT2D eigenvalue weighted by Crippen LogP contribution is -2.48. The van der Waals surface area contributed by atoms with Crippen LogP contribution in [0.2, 0.25) is 0 Å².